The smallest absolute Gasteiger partial charge is 0.261 e. The quantitative estimate of drug-likeness (QED) is 0.636. The maximum absolute atomic E-state index is 11.4. The molecule has 0 spiro atoms. The highest BCUT2D eigenvalue weighted by Gasteiger charge is 2.23. The van der Waals surface area contributed by atoms with Crippen LogP contribution in [-0.4, -0.2) is 41.1 Å². The molecule has 0 aliphatic carbocycles. The Hall–Kier alpha value is -2.19. The minimum atomic E-state index is -3.71. The van der Waals surface area contributed by atoms with E-state index in [9.17, 15) is 8.42 Å². The van der Waals surface area contributed by atoms with Crippen LogP contribution in [0.15, 0.2) is 35.5 Å². The molecule has 0 atom stereocenters. The average molecular weight is 392 g/mol. The van der Waals surface area contributed by atoms with E-state index in [1.165, 1.54) is 18.5 Å². The molecule has 9 heteroatoms. The van der Waals surface area contributed by atoms with E-state index in [2.05, 4.69) is 20.0 Å². The van der Waals surface area contributed by atoms with Crippen molar-refractivity contribution in [2.45, 2.75) is 31.1 Å². The minimum absolute atomic E-state index is 0.101. The van der Waals surface area contributed by atoms with Crippen molar-refractivity contribution in [1.29, 1.82) is 0 Å². The van der Waals surface area contributed by atoms with Crippen LogP contribution in [0.1, 0.15) is 29.7 Å². The van der Waals surface area contributed by atoms with Gasteiger partial charge < -0.3 is 4.90 Å². The Balaban J connectivity index is 1.78. The summed E-state index contributed by atoms with van der Waals surface area (Å²) in [4.78, 5) is 11.2. The summed E-state index contributed by atoms with van der Waals surface area (Å²) in [5.41, 5.74) is 2.96. The van der Waals surface area contributed by atoms with Crippen molar-refractivity contribution in [2.24, 2.45) is 0 Å². The maximum Gasteiger partial charge on any atom is 0.261 e. The molecule has 4 rings (SSSR count). The zero-order chi connectivity index (χ0) is 18.3. The molecular weight excluding hydrogens is 374 g/mol. The lowest BCUT2D eigenvalue weighted by molar-refractivity contribution is 0.609. The van der Waals surface area contributed by atoms with Crippen molar-refractivity contribution in [1.82, 2.24) is 19.6 Å². The number of aromatic nitrogens is 4. The lowest BCUT2D eigenvalue weighted by Crippen LogP contribution is -2.24. The van der Waals surface area contributed by atoms with Gasteiger partial charge in [-0.25, -0.2) is 13.4 Å². The van der Waals surface area contributed by atoms with Gasteiger partial charge in [-0.1, -0.05) is 12.1 Å². The summed E-state index contributed by atoms with van der Waals surface area (Å²) in [7, 11) is 1.68. The fourth-order valence-electron chi connectivity index (χ4n) is 3.40. The fourth-order valence-corrected chi connectivity index (χ4v) is 4.17. The molecule has 1 saturated heterocycles. The van der Waals surface area contributed by atoms with Gasteiger partial charge in [0, 0.05) is 41.5 Å². The van der Waals surface area contributed by atoms with Crippen LogP contribution in [0.3, 0.4) is 0 Å². The number of rotatable bonds is 4. The van der Waals surface area contributed by atoms with E-state index in [0.29, 0.717) is 12.2 Å². The molecule has 26 heavy (non-hydrogen) atoms. The van der Waals surface area contributed by atoms with E-state index in [1.807, 2.05) is 6.92 Å². The van der Waals surface area contributed by atoms with Gasteiger partial charge in [-0.05, 0) is 37.5 Å². The monoisotopic (exact) mass is 391 g/mol. The van der Waals surface area contributed by atoms with Crippen LogP contribution in [0.25, 0.3) is 5.78 Å². The number of hydrogen-bond donors (Lipinski definition) is 0. The van der Waals surface area contributed by atoms with Crippen molar-refractivity contribution >= 4 is 31.3 Å². The van der Waals surface area contributed by atoms with Crippen LogP contribution >= 0.6 is 10.7 Å². The Morgan fingerprint density at radius 2 is 1.85 bits per heavy atom. The van der Waals surface area contributed by atoms with Gasteiger partial charge in [-0.2, -0.15) is 14.6 Å². The van der Waals surface area contributed by atoms with Gasteiger partial charge in [0.15, 0.2) is 0 Å². The SMILES string of the molecule is Cc1nc2ncnn2c(N2CCCC2)c1Cc1ccc(S(=O)(=O)Cl)cc1. The van der Waals surface area contributed by atoms with Crippen LogP contribution in [0.5, 0.6) is 0 Å². The van der Waals surface area contributed by atoms with Crippen LogP contribution < -0.4 is 4.90 Å². The van der Waals surface area contributed by atoms with Gasteiger partial charge in [0.25, 0.3) is 14.8 Å². The van der Waals surface area contributed by atoms with Crippen LogP contribution in [0.2, 0.25) is 0 Å². The van der Waals surface area contributed by atoms with E-state index in [1.54, 1.807) is 16.6 Å². The second kappa shape index (κ2) is 6.51. The van der Waals surface area contributed by atoms with Gasteiger partial charge in [0.1, 0.15) is 12.1 Å². The molecule has 3 aromatic rings. The molecule has 1 fully saturated rings. The van der Waals surface area contributed by atoms with Crippen LogP contribution in [-0.2, 0) is 15.5 Å². The molecule has 0 bridgehead atoms. The third-order valence-electron chi connectivity index (χ3n) is 4.70. The number of benzene rings is 1. The van der Waals surface area contributed by atoms with E-state index < -0.39 is 9.05 Å². The van der Waals surface area contributed by atoms with E-state index >= 15 is 0 Å². The molecule has 136 valence electrons. The van der Waals surface area contributed by atoms with Crippen LogP contribution in [0, 0.1) is 6.92 Å². The van der Waals surface area contributed by atoms with Gasteiger partial charge in [0.2, 0.25) is 0 Å². The van der Waals surface area contributed by atoms with Crippen molar-refractivity contribution in [3.05, 3.63) is 47.4 Å². The Morgan fingerprint density at radius 3 is 2.50 bits per heavy atom. The van der Waals surface area contributed by atoms with E-state index in [-0.39, 0.29) is 4.90 Å². The van der Waals surface area contributed by atoms with E-state index in [0.717, 1.165) is 48.6 Å². The molecule has 3 heterocycles. The Morgan fingerprint density at radius 1 is 1.15 bits per heavy atom. The molecule has 1 aliphatic rings. The van der Waals surface area contributed by atoms with Crippen molar-refractivity contribution in [2.75, 3.05) is 18.0 Å². The largest absolute Gasteiger partial charge is 0.356 e. The standard InChI is InChI=1S/C17H18ClN5O2S/c1-12-15(10-13-4-6-14(7-5-13)26(18,24)25)16(22-8-2-3-9-22)23-17(21-12)19-11-20-23/h4-7,11H,2-3,8-10H2,1H3. The lowest BCUT2D eigenvalue weighted by Gasteiger charge is -2.23. The predicted molar refractivity (Wildman–Crippen MR) is 99.3 cm³/mol. The van der Waals surface area contributed by atoms with Gasteiger partial charge >= 0.3 is 0 Å². The second-order valence-electron chi connectivity index (χ2n) is 6.42. The molecule has 0 N–H and O–H groups in total. The first-order valence-corrected chi connectivity index (χ1v) is 10.7. The molecule has 0 amide bonds. The number of halogens is 1. The van der Waals surface area contributed by atoms with Crippen LogP contribution in [0.4, 0.5) is 5.82 Å². The topological polar surface area (TPSA) is 80.5 Å². The highest BCUT2D eigenvalue weighted by atomic mass is 35.7. The maximum atomic E-state index is 11.4. The highest BCUT2D eigenvalue weighted by Crippen LogP contribution is 2.29. The first-order chi connectivity index (χ1) is 12.4. The first kappa shape index (κ1) is 17.2. The normalized spacial score (nSPS) is 15.1. The molecule has 1 aromatic carbocycles. The second-order valence-corrected chi connectivity index (χ2v) is 8.99. The third-order valence-corrected chi connectivity index (χ3v) is 6.07. The highest BCUT2D eigenvalue weighted by molar-refractivity contribution is 8.13. The summed E-state index contributed by atoms with van der Waals surface area (Å²) in [6.07, 6.45) is 4.45. The molecule has 7 nitrogen and oxygen atoms in total. The minimum Gasteiger partial charge on any atom is -0.356 e. The van der Waals surface area contributed by atoms with Crippen molar-refractivity contribution in [3.63, 3.8) is 0 Å². The summed E-state index contributed by atoms with van der Waals surface area (Å²) in [5, 5.41) is 4.36. The van der Waals surface area contributed by atoms with Gasteiger partial charge in [-0.3, -0.25) is 0 Å². The molecule has 0 unspecified atom stereocenters. The Bertz CT molecular complexity index is 1060. The third kappa shape index (κ3) is 3.14. The van der Waals surface area contributed by atoms with Crippen molar-refractivity contribution < 1.29 is 8.42 Å². The number of anilines is 1. The fraction of sp³-hybridized carbons (Fsp3) is 0.353. The number of nitrogens with zero attached hydrogens (tertiary/aromatic N) is 5. The molecule has 2 aromatic heterocycles. The summed E-state index contributed by atoms with van der Waals surface area (Å²) in [6, 6.07) is 6.63. The van der Waals surface area contributed by atoms with Gasteiger partial charge in [0.05, 0.1) is 4.90 Å². The molecule has 0 radical (unpaired) electrons. The molecular formula is C17H18ClN5O2S. The van der Waals surface area contributed by atoms with Gasteiger partial charge in [-0.15, -0.1) is 0 Å². The average Bonchev–Trinajstić information content (AvgIpc) is 3.26. The number of hydrogen-bond acceptors (Lipinski definition) is 6. The lowest BCUT2D eigenvalue weighted by atomic mass is 10.0. The number of fused-ring (bicyclic) bond motifs is 1. The van der Waals surface area contributed by atoms with E-state index in [4.69, 9.17) is 10.7 Å². The zero-order valence-electron chi connectivity index (χ0n) is 14.3. The summed E-state index contributed by atoms with van der Waals surface area (Å²) >= 11 is 0. The summed E-state index contributed by atoms with van der Waals surface area (Å²) < 4.78 is 24.7. The molecule has 0 saturated carbocycles. The molecule has 1 aliphatic heterocycles. The Labute approximate surface area is 156 Å². The first-order valence-electron chi connectivity index (χ1n) is 8.41. The zero-order valence-corrected chi connectivity index (χ0v) is 15.8. The Kier molecular flexibility index (Phi) is 4.32. The van der Waals surface area contributed by atoms with Crippen molar-refractivity contribution in [3.8, 4) is 0 Å². The number of aryl methyl sites for hydroxylation is 1. The summed E-state index contributed by atoms with van der Waals surface area (Å²) in [6.45, 7) is 3.94. The summed E-state index contributed by atoms with van der Waals surface area (Å²) in [5.74, 6) is 1.62. The predicted octanol–water partition coefficient (Wildman–Crippen LogP) is 2.55.